The fourth-order valence-electron chi connectivity index (χ4n) is 4.08. The normalized spacial score (nSPS) is 21.4. The minimum atomic E-state index is -0.0157. The van der Waals surface area contributed by atoms with Crippen molar-refractivity contribution in [1.29, 1.82) is 0 Å². The predicted octanol–water partition coefficient (Wildman–Crippen LogP) is 2.34. The molecule has 0 aromatic heterocycles. The van der Waals surface area contributed by atoms with Crippen molar-refractivity contribution < 1.29 is 9.53 Å². The first-order valence-electron chi connectivity index (χ1n) is 9.08. The van der Waals surface area contributed by atoms with Gasteiger partial charge >= 0.3 is 0 Å². The molecule has 1 aliphatic heterocycles. The lowest BCUT2D eigenvalue weighted by Crippen LogP contribution is -2.59. The fraction of sp³-hybridized carbons (Fsp3) is 0.632. The standard InChI is InChI=1S/C19H29N3O2/c1-15-5-6-16(20)13-17(15)18(23)21-14-19(7-3-2-4-8-19)22-9-11-24-12-10-22/h5-6,13H,2-4,7-12,14,20H2,1H3,(H,21,23). The van der Waals surface area contributed by atoms with Gasteiger partial charge in [0.25, 0.3) is 5.91 Å². The second-order valence-corrected chi connectivity index (χ2v) is 7.14. The van der Waals surface area contributed by atoms with Gasteiger partial charge in [-0.2, -0.15) is 0 Å². The predicted molar refractivity (Wildman–Crippen MR) is 96.1 cm³/mol. The number of ether oxygens (including phenoxy) is 1. The number of aryl methyl sites for hydroxylation is 1. The van der Waals surface area contributed by atoms with Gasteiger partial charge in [0.05, 0.1) is 13.2 Å². The van der Waals surface area contributed by atoms with E-state index in [2.05, 4.69) is 10.2 Å². The second-order valence-electron chi connectivity index (χ2n) is 7.14. The molecule has 1 saturated carbocycles. The van der Waals surface area contributed by atoms with E-state index in [4.69, 9.17) is 10.5 Å². The van der Waals surface area contributed by atoms with Gasteiger partial charge in [0, 0.05) is 36.4 Å². The monoisotopic (exact) mass is 331 g/mol. The van der Waals surface area contributed by atoms with E-state index < -0.39 is 0 Å². The van der Waals surface area contributed by atoms with Crippen molar-refractivity contribution in [2.24, 2.45) is 0 Å². The number of rotatable bonds is 4. The molecule has 1 aromatic rings. The molecular weight excluding hydrogens is 302 g/mol. The molecule has 5 heteroatoms. The molecule has 5 nitrogen and oxygen atoms in total. The molecule has 0 spiro atoms. The molecule has 1 aromatic carbocycles. The molecule has 132 valence electrons. The average molecular weight is 331 g/mol. The number of morpholine rings is 1. The molecule has 0 radical (unpaired) electrons. The Morgan fingerprint density at radius 2 is 1.96 bits per heavy atom. The summed E-state index contributed by atoms with van der Waals surface area (Å²) < 4.78 is 5.52. The first kappa shape index (κ1) is 17.2. The molecule has 0 unspecified atom stereocenters. The summed E-state index contributed by atoms with van der Waals surface area (Å²) in [6, 6.07) is 5.51. The van der Waals surface area contributed by atoms with Crippen molar-refractivity contribution in [2.75, 3.05) is 38.6 Å². The summed E-state index contributed by atoms with van der Waals surface area (Å²) in [5.41, 5.74) is 8.21. The third-order valence-electron chi connectivity index (χ3n) is 5.55. The summed E-state index contributed by atoms with van der Waals surface area (Å²) >= 11 is 0. The Bertz CT molecular complexity index is 576. The number of amides is 1. The van der Waals surface area contributed by atoms with Gasteiger partial charge in [0.15, 0.2) is 0 Å². The fourth-order valence-corrected chi connectivity index (χ4v) is 4.08. The van der Waals surface area contributed by atoms with E-state index in [1.807, 2.05) is 19.1 Å². The molecule has 1 saturated heterocycles. The van der Waals surface area contributed by atoms with Gasteiger partial charge in [0.1, 0.15) is 0 Å². The number of hydrogen-bond donors (Lipinski definition) is 2. The molecular formula is C19H29N3O2. The molecule has 1 aliphatic carbocycles. The van der Waals surface area contributed by atoms with Gasteiger partial charge in [-0.3, -0.25) is 9.69 Å². The molecule has 3 rings (SSSR count). The van der Waals surface area contributed by atoms with E-state index in [9.17, 15) is 4.79 Å². The van der Waals surface area contributed by atoms with Crippen LogP contribution in [0.25, 0.3) is 0 Å². The molecule has 1 heterocycles. The zero-order chi connectivity index (χ0) is 17.0. The lowest BCUT2D eigenvalue weighted by atomic mass is 9.79. The van der Waals surface area contributed by atoms with Crippen molar-refractivity contribution in [3.63, 3.8) is 0 Å². The van der Waals surface area contributed by atoms with Crippen LogP contribution in [0.3, 0.4) is 0 Å². The molecule has 1 amide bonds. The van der Waals surface area contributed by atoms with Crippen molar-refractivity contribution in [3.05, 3.63) is 29.3 Å². The Kier molecular flexibility index (Phi) is 5.41. The number of nitrogens with one attached hydrogen (secondary N) is 1. The minimum absolute atomic E-state index is 0.0157. The number of nitrogens with zero attached hydrogens (tertiary/aromatic N) is 1. The number of nitrogen functional groups attached to an aromatic ring is 1. The topological polar surface area (TPSA) is 67.6 Å². The highest BCUT2D eigenvalue weighted by Crippen LogP contribution is 2.34. The van der Waals surface area contributed by atoms with Crippen LogP contribution in [0.4, 0.5) is 5.69 Å². The summed E-state index contributed by atoms with van der Waals surface area (Å²) in [4.78, 5) is 15.2. The number of hydrogen-bond acceptors (Lipinski definition) is 4. The van der Waals surface area contributed by atoms with Gasteiger partial charge in [-0.15, -0.1) is 0 Å². The maximum absolute atomic E-state index is 12.7. The lowest BCUT2D eigenvalue weighted by molar-refractivity contribution is -0.0361. The summed E-state index contributed by atoms with van der Waals surface area (Å²) in [5.74, 6) is -0.0157. The van der Waals surface area contributed by atoms with Crippen LogP contribution in [-0.4, -0.2) is 49.2 Å². The number of carbonyl (C=O) groups is 1. The summed E-state index contributed by atoms with van der Waals surface area (Å²) in [7, 11) is 0. The summed E-state index contributed by atoms with van der Waals surface area (Å²) in [6.45, 7) is 6.18. The Hall–Kier alpha value is -1.59. The van der Waals surface area contributed by atoms with E-state index in [0.717, 1.165) is 44.7 Å². The van der Waals surface area contributed by atoms with Crippen molar-refractivity contribution in [3.8, 4) is 0 Å². The van der Waals surface area contributed by atoms with Crippen LogP contribution in [0.5, 0.6) is 0 Å². The van der Waals surface area contributed by atoms with Crippen LogP contribution >= 0.6 is 0 Å². The molecule has 24 heavy (non-hydrogen) atoms. The number of nitrogens with two attached hydrogens (primary N) is 1. The van der Waals surface area contributed by atoms with E-state index in [1.165, 1.54) is 19.3 Å². The SMILES string of the molecule is Cc1ccc(N)cc1C(=O)NCC1(N2CCOCC2)CCCCC1. The second kappa shape index (κ2) is 7.53. The smallest absolute Gasteiger partial charge is 0.251 e. The maximum atomic E-state index is 12.7. The first-order valence-corrected chi connectivity index (χ1v) is 9.08. The zero-order valence-corrected chi connectivity index (χ0v) is 14.6. The van der Waals surface area contributed by atoms with Crippen LogP contribution in [0.2, 0.25) is 0 Å². The van der Waals surface area contributed by atoms with Crippen LogP contribution in [0.1, 0.15) is 48.0 Å². The van der Waals surface area contributed by atoms with Gasteiger partial charge < -0.3 is 15.8 Å². The van der Waals surface area contributed by atoms with Crippen LogP contribution in [0, 0.1) is 6.92 Å². The molecule has 0 atom stereocenters. The average Bonchev–Trinajstić information content (AvgIpc) is 2.63. The highest BCUT2D eigenvalue weighted by atomic mass is 16.5. The van der Waals surface area contributed by atoms with Crippen LogP contribution in [0.15, 0.2) is 18.2 Å². The number of carbonyl (C=O) groups excluding carboxylic acids is 1. The third kappa shape index (κ3) is 3.73. The molecule has 3 N–H and O–H groups in total. The summed E-state index contributed by atoms with van der Waals surface area (Å²) in [5, 5.41) is 3.20. The third-order valence-corrected chi connectivity index (χ3v) is 5.55. The Morgan fingerprint density at radius 3 is 2.67 bits per heavy atom. The van der Waals surface area contributed by atoms with Crippen LogP contribution < -0.4 is 11.1 Å². The maximum Gasteiger partial charge on any atom is 0.251 e. The van der Waals surface area contributed by atoms with Gasteiger partial charge in [-0.05, 0) is 37.5 Å². The first-order chi connectivity index (χ1) is 11.6. The minimum Gasteiger partial charge on any atom is -0.399 e. The van der Waals surface area contributed by atoms with Gasteiger partial charge in [-0.25, -0.2) is 0 Å². The summed E-state index contributed by atoms with van der Waals surface area (Å²) in [6.07, 6.45) is 6.09. The van der Waals surface area contributed by atoms with Gasteiger partial charge in [-0.1, -0.05) is 25.3 Å². The quantitative estimate of drug-likeness (QED) is 0.831. The largest absolute Gasteiger partial charge is 0.399 e. The lowest BCUT2D eigenvalue weighted by Gasteiger charge is -2.48. The van der Waals surface area contributed by atoms with Crippen molar-refractivity contribution in [1.82, 2.24) is 10.2 Å². The number of anilines is 1. The Balaban J connectivity index is 1.71. The van der Waals surface area contributed by atoms with E-state index >= 15 is 0 Å². The molecule has 2 aliphatic rings. The Morgan fingerprint density at radius 1 is 1.25 bits per heavy atom. The number of benzene rings is 1. The highest BCUT2D eigenvalue weighted by Gasteiger charge is 2.38. The Labute approximate surface area is 144 Å². The zero-order valence-electron chi connectivity index (χ0n) is 14.6. The van der Waals surface area contributed by atoms with E-state index in [-0.39, 0.29) is 11.4 Å². The highest BCUT2D eigenvalue weighted by molar-refractivity contribution is 5.96. The molecule has 2 fully saturated rings. The van der Waals surface area contributed by atoms with Crippen molar-refractivity contribution in [2.45, 2.75) is 44.6 Å². The van der Waals surface area contributed by atoms with E-state index in [0.29, 0.717) is 17.8 Å². The van der Waals surface area contributed by atoms with Gasteiger partial charge in [0.2, 0.25) is 0 Å². The van der Waals surface area contributed by atoms with Crippen molar-refractivity contribution >= 4 is 11.6 Å². The van der Waals surface area contributed by atoms with E-state index in [1.54, 1.807) is 6.07 Å². The molecule has 0 bridgehead atoms. The van der Waals surface area contributed by atoms with Crippen LogP contribution in [-0.2, 0) is 4.74 Å².